The van der Waals surface area contributed by atoms with E-state index in [1.54, 1.807) is 20.8 Å². The maximum Gasteiger partial charge on any atom is 0.408 e. The van der Waals surface area contributed by atoms with Crippen molar-refractivity contribution in [1.29, 1.82) is 0 Å². The summed E-state index contributed by atoms with van der Waals surface area (Å²) in [5, 5.41) is 12.0. The number of alkyl carbamates (subject to hydrolysis) is 1. The van der Waals surface area contributed by atoms with E-state index in [0.29, 0.717) is 0 Å². The molecule has 0 aromatic carbocycles. The molecule has 1 saturated heterocycles. The lowest BCUT2D eigenvalue weighted by atomic mass is 9.93. The van der Waals surface area contributed by atoms with E-state index >= 15 is 0 Å². The number of nitrogens with one attached hydrogen (secondary N) is 1. The fourth-order valence-corrected chi connectivity index (χ4v) is 3.38. The van der Waals surface area contributed by atoms with Crippen LogP contribution in [0.5, 0.6) is 0 Å². The summed E-state index contributed by atoms with van der Waals surface area (Å²) in [6.45, 7) is 4.93. The average Bonchev–Trinajstić information content (AvgIpc) is 2.19. The van der Waals surface area contributed by atoms with Gasteiger partial charge in [-0.25, -0.2) is 13.2 Å². The third-order valence-corrected chi connectivity index (χ3v) is 4.50. The Balaban J connectivity index is 2.65. The molecular formula is C11H21NO5S. The van der Waals surface area contributed by atoms with E-state index in [1.165, 1.54) is 0 Å². The molecule has 0 saturated carbocycles. The van der Waals surface area contributed by atoms with Gasteiger partial charge in [-0.3, -0.25) is 0 Å². The number of aliphatic hydroxyl groups is 1. The number of hydrogen-bond acceptors (Lipinski definition) is 5. The first-order chi connectivity index (χ1) is 8.08. The molecule has 1 aliphatic rings. The van der Waals surface area contributed by atoms with Gasteiger partial charge in [0.25, 0.3) is 0 Å². The summed E-state index contributed by atoms with van der Waals surface area (Å²) in [5.41, 5.74) is -1.50. The maximum absolute atomic E-state index is 11.7. The van der Waals surface area contributed by atoms with Gasteiger partial charge in [0, 0.05) is 0 Å². The number of hydrogen-bond donors (Lipinski definition) is 2. The lowest BCUT2D eigenvalue weighted by Crippen LogP contribution is -2.56. The largest absolute Gasteiger partial charge is 0.444 e. The third-order valence-electron chi connectivity index (χ3n) is 2.85. The van der Waals surface area contributed by atoms with Crippen LogP contribution in [-0.2, 0) is 14.6 Å². The Bertz CT molecular complexity index is 396. The Labute approximate surface area is 108 Å². The number of carbonyl (C=O) groups excluding carboxylic acids is 1. The number of carbonyl (C=O) groups is 1. The molecule has 2 N–H and O–H groups in total. The molecule has 7 heteroatoms. The highest BCUT2D eigenvalue weighted by molar-refractivity contribution is 7.91. The summed E-state index contributed by atoms with van der Waals surface area (Å²) in [6.07, 6.45) is -0.202. The summed E-state index contributed by atoms with van der Waals surface area (Å²) >= 11 is 0. The topological polar surface area (TPSA) is 92.7 Å². The van der Waals surface area contributed by atoms with Crippen LogP contribution in [0.25, 0.3) is 0 Å². The number of aliphatic hydroxyl groups excluding tert-OH is 1. The minimum atomic E-state index is -3.04. The molecule has 0 atom stereocenters. The highest BCUT2D eigenvalue weighted by atomic mass is 32.2. The molecule has 1 aliphatic heterocycles. The molecule has 0 unspecified atom stereocenters. The lowest BCUT2D eigenvalue weighted by Gasteiger charge is -2.36. The van der Waals surface area contributed by atoms with Crippen LogP contribution in [0.1, 0.15) is 33.6 Å². The second-order valence-electron chi connectivity index (χ2n) is 5.72. The molecule has 0 aromatic heterocycles. The van der Waals surface area contributed by atoms with E-state index in [9.17, 15) is 18.3 Å². The second kappa shape index (κ2) is 5.05. The van der Waals surface area contributed by atoms with Crippen molar-refractivity contribution in [2.75, 3.05) is 18.1 Å². The van der Waals surface area contributed by atoms with Gasteiger partial charge in [0.2, 0.25) is 0 Å². The lowest BCUT2D eigenvalue weighted by molar-refractivity contribution is 0.0383. The van der Waals surface area contributed by atoms with Gasteiger partial charge in [0.05, 0.1) is 23.7 Å². The van der Waals surface area contributed by atoms with Crippen molar-refractivity contribution >= 4 is 15.9 Å². The number of ether oxygens (including phenoxy) is 1. The first-order valence-corrected chi connectivity index (χ1v) is 7.72. The standard InChI is InChI=1S/C11H21NO5S/c1-10(2,3)17-9(14)12-11(8-13)4-6-18(15,16)7-5-11/h13H,4-8H2,1-3H3,(H,12,14). The Morgan fingerprint density at radius 2 is 1.83 bits per heavy atom. The molecule has 106 valence electrons. The minimum Gasteiger partial charge on any atom is -0.444 e. The zero-order valence-electron chi connectivity index (χ0n) is 11.0. The molecule has 0 spiro atoms. The molecule has 1 rings (SSSR count). The second-order valence-corrected chi connectivity index (χ2v) is 8.02. The predicted octanol–water partition coefficient (Wildman–Crippen LogP) is 0.451. The monoisotopic (exact) mass is 279 g/mol. The summed E-state index contributed by atoms with van der Waals surface area (Å²) in [5.74, 6) is -0.0489. The Morgan fingerprint density at radius 3 is 2.22 bits per heavy atom. The maximum atomic E-state index is 11.7. The van der Waals surface area contributed by atoms with E-state index < -0.39 is 27.1 Å². The number of sulfone groups is 1. The molecule has 0 aliphatic carbocycles. The summed E-state index contributed by atoms with van der Waals surface area (Å²) < 4.78 is 27.8. The number of rotatable bonds is 2. The smallest absolute Gasteiger partial charge is 0.408 e. The molecule has 6 nitrogen and oxygen atoms in total. The Kier molecular flexibility index (Phi) is 4.27. The Hall–Kier alpha value is -0.820. The van der Waals surface area contributed by atoms with Crippen LogP contribution in [0.3, 0.4) is 0 Å². The zero-order valence-corrected chi connectivity index (χ0v) is 11.8. The molecule has 1 heterocycles. The van der Waals surface area contributed by atoms with Crippen LogP contribution in [0.4, 0.5) is 4.79 Å². The van der Waals surface area contributed by atoms with Crippen LogP contribution in [0, 0.1) is 0 Å². The fourth-order valence-electron chi connectivity index (χ4n) is 1.77. The molecule has 1 amide bonds. The van der Waals surface area contributed by atoms with Crippen molar-refractivity contribution in [3.05, 3.63) is 0 Å². The molecule has 0 radical (unpaired) electrons. The van der Waals surface area contributed by atoms with Crippen LogP contribution < -0.4 is 5.32 Å². The van der Waals surface area contributed by atoms with Gasteiger partial charge in [-0.2, -0.15) is 0 Å². The number of amides is 1. The van der Waals surface area contributed by atoms with Crippen molar-refractivity contribution in [2.24, 2.45) is 0 Å². The van der Waals surface area contributed by atoms with Gasteiger partial charge in [-0.15, -0.1) is 0 Å². The van der Waals surface area contributed by atoms with Gasteiger partial charge in [-0.05, 0) is 33.6 Å². The first-order valence-electron chi connectivity index (χ1n) is 5.90. The molecular weight excluding hydrogens is 258 g/mol. The van der Waals surface area contributed by atoms with Crippen LogP contribution in [-0.4, -0.2) is 48.9 Å². The van der Waals surface area contributed by atoms with E-state index in [4.69, 9.17) is 4.74 Å². The van der Waals surface area contributed by atoms with Crippen molar-refractivity contribution in [1.82, 2.24) is 5.32 Å². The average molecular weight is 279 g/mol. The highest BCUT2D eigenvalue weighted by Gasteiger charge is 2.39. The van der Waals surface area contributed by atoms with Crippen molar-refractivity contribution in [3.8, 4) is 0 Å². The van der Waals surface area contributed by atoms with Gasteiger partial charge in [-0.1, -0.05) is 0 Å². The van der Waals surface area contributed by atoms with E-state index in [-0.39, 0.29) is 31.0 Å². The summed E-state index contributed by atoms with van der Waals surface area (Å²) in [4.78, 5) is 11.7. The van der Waals surface area contributed by atoms with Crippen LogP contribution >= 0.6 is 0 Å². The molecule has 0 aromatic rings. The van der Waals surface area contributed by atoms with E-state index in [0.717, 1.165) is 0 Å². The van der Waals surface area contributed by atoms with Crippen LogP contribution in [0.2, 0.25) is 0 Å². The molecule has 1 fully saturated rings. The highest BCUT2D eigenvalue weighted by Crippen LogP contribution is 2.24. The van der Waals surface area contributed by atoms with Crippen LogP contribution in [0.15, 0.2) is 0 Å². The Morgan fingerprint density at radius 1 is 1.33 bits per heavy atom. The van der Waals surface area contributed by atoms with Gasteiger partial charge < -0.3 is 15.2 Å². The van der Waals surface area contributed by atoms with E-state index in [2.05, 4.69) is 5.32 Å². The third kappa shape index (κ3) is 4.45. The van der Waals surface area contributed by atoms with Crippen molar-refractivity contribution < 1.29 is 23.1 Å². The quantitative estimate of drug-likeness (QED) is 0.765. The summed E-state index contributed by atoms with van der Waals surface area (Å²) in [7, 11) is -3.04. The first kappa shape index (κ1) is 15.2. The normalized spacial score (nSPS) is 22.2. The van der Waals surface area contributed by atoms with Crippen molar-refractivity contribution in [3.63, 3.8) is 0 Å². The minimum absolute atomic E-state index is 0.0244. The van der Waals surface area contributed by atoms with Gasteiger partial charge in [0.15, 0.2) is 9.84 Å². The zero-order chi connectivity index (χ0) is 14.0. The SMILES string of the molecule is CC(C)(C)OC(=O)NC1(CO)CCS(=O)(=O)CC1. The van der Waals surface area contributed by atoms with Crippen molar-refractivity contribution in [2.45, 2.75) is 44.8 Å². The van der Waals surface area contributed by atoms with Gasteiger partial charge >= 0.3 is 6.09 Å². The van der Waals surface area contributed by atoms with E-state index in [1.807, 2.05) is 0 Å². The predicted molar refractivity (Wildman–Crippen MR) is 67.1 cm³/mol. The molecule has 18 heavy (non-hydrogen) atoms. The van der Waals surface area contributed by atoms with Gasteiger partial charge in [0.1, 0.15) is 5.60 Å². The fraction of sp³-hybridized carbons (Fsp3) is 0.909. The summed E-state index contributed by atoms with van der Waals surface area (Å²) in [6, 6.07) is 0. The molecule has 0 bridgehead atoms.